The Balaban J connectivity index is 0.000000461. The van der Waals surface area contributed by atoms with E-state index < -0.39 is 0 Å². The molecular weight excluding hydrogens is 257 g/mol. The number of aromatic amines is 1. The summed E-state index contributed by atoms with van der Waals surface area (Å²) in [4.78, 5) is 24.9. The van der Waals surface area contributed by atoms with Gasteiger partial charge in [0.15, 0.2) is 6.29 Å². The number of carbonyl (C=O) groups is 1. The lowest BCUT2D eigenvalue weighted by Crippen LogP contribution is -2.09. The van der Waals surface area contributed by atoms with Crippen LogP contribution in [0.5, 0.6) is 0 Å². The van der Waals surface area contributed by atoms with Gasteiger partial charge in [-0.15, -0.1) is 0 Å². The summed E-state index contributed by atoms with van der Waals surface area (Å²) >= 11 is 2.15. The molecule has 0 aliphatic carbocycles. The maximum atomic E-state index is 10.6. The highest BCUT2D eigenvalue weighted by Gasteiger charge is 1.90. The van der Waals surface area contributed by atoms with Crippen LogP contribution in [0.25, 0.3) is 0 Å². The van der Waals surface area contributed by atoms with Crippen molar-refractivity contribution in [3.8, 4) is 0 Å². The van der Waals surface area contributed by atoms with E-state index in [2.05, 4.69) is 27.6 Å². The van der Waals surface area contributed by atoms with E-state index in [-0.39, 0.29) is 11.1 Å². The number of hydrogen-bond acceptors (Lipinski definition) is 2. The van der Waals surface area contributed by atoms with Crippen LogP contribution < -0.4 is 5.56 Å². The van der Waals surface area contributed by atoms with Crippen molar-refractivity contribution in [1.82, 2.24) is 4.98 Å². The molecule has 0 radical (unpaired) electrons. The van der Waals surface area contributed by atoms with Crippen molar-refractivity contribution in [3.05, 3.63) is 34.2 Å². The number of nitrogens with one attached hydrogen (secondary N) is 1. The number of H-pyrrole nitrogens is 1. The molecule has 0 unspecified atom stereocenters. The zero-order valence-electron chi connectivity index (χ0n) is 6.00. The summed E-state index contributed by atoms with van der Waals surface area (Å²) < 4.78 is 0. The number of halogens is 1. The van der Waals surface area contributed by atoms with Crippen LogP contribution in [0.3, 0.4) is 0 Å². The maximum absolute atomic E-state index is 10.6. The van der Waals surface area contributed by atoms with Crippen LogP contribution in [0.15, 0.2) is 23.1 Å². The summed E-state index contributed by atoms with van der Waals surface area (Å²) in [5.74, 6) is 0. The molecule has 0 spiro atoms. The lowest BCUT2D eigenvalue weighted by molar-refractivity contribution is 0.112. The molecule has 0 amide bonds. The lowest BCUT2D eigenvalue weighted by Gasteiger charge is -1.82. The molecule has 60 valence electrons. The predicted molar refractivity (Wildman–Crippen MR) is 52.4 cm³/mol. The van der Waals surface area contributed by atoms with E-state index >= 15 is 0 Å². The van der Waals surface area contributed by atoms with E-state index in [1.807, 2.05) is 4.93 Å². The van der Waals surface area contributed by atoms with Crippen LogP contribution in [0.2, 0.25) is 0 Å². The van der Waals surface area contributed by atoms with Crippen LogP contribution in [-0.4, -0.2) is 16.2 Å². The highest BCUT2D eigenvalue weighted by molar-refractivity contribution is 14.1. The standard InChI is InChI=1S/C6H5NO2.CH3I/c8-4-5-2-1-3-7-6(5)9;1-2/h1-4H,(H,7,9);1H3. The zero-order chi connectivity index (χ0) is 8.69. The highest BCUT2D eigenvalue weighted by atomic mass is 127. The average Bonchev–Trinajstić information content (AvgIpc) is 2.09. The zero-order valence-corrected chi connectivity index (χ0v) is 8.16. The van der Waals surface area contributed by atoms with Crippen molar-refractivity contribution in [2.24, 2.45) is 0 Å². The summed E-state index contributed by atoms with van der Waals surface area (Å²) in [6.45, 7) is 0. The molecule has 1 rings (SSSR count). The van der Waals surface area contributed by atoms with Crippen LogP contribution in [0.4, 0.5) is 0 Å². The van der Waals surface area contributed by atoms with Crippen molar-refractivity contribution in [1.29, 1.82) is 0 Å². The number of aromatic nitrogens is 1. The Morgan fingerprint density at radius 2 is 2.18 bits per heavy atom. The fourth-order valence-corrected chi connectivity index (χ4v) is 0.527. The molecule has 4 heteroatoms. The molecule has 0 bridgehead atoms. The van der Waals surface area contributed by atoms with E-state index in [4.69, 9.17) is 0 Å². The topological polar surface area (TPSA) is 49.9 Å². The molecule has 0 fully saturated rings. The van der Waals surface area contributed by atoms with Crippen LogP contribution in [0.1, 0.15) is 10.4 Å². The first-order chi connectivity index (χ1) is 5.34. The second-order valence-corrected chi connectivity index (χ2v) is 1.57. The third-order valence-corrected chi connectivity index (χ3v) is 0.976. The lowest BCUT2D eigenvalue weighted by atomic mass is 10.3. The van der Waals surface area contributed by atoms with Crippen molar-refractivity contribution < 1.29 is 4.79 Å². The molecule has 1 aromatic heterocycles. The summed E-state index contributed by atoms with van der Waals surface area (Å²) in [5, 5.41) is 0. The first-order valence-corrected chi connectivity index (χ1v) is 5.01. The number of carbonyl (C=O) groups excluding carboxylic acids is 1. The van der Waals surface area contributed by atoms with Crippen LogP contribution >= 0.6 is 22.6 Å². The number of aldehydes is 1. The molecule has 11 heavy (non-hydrogen) atoms. The van der Waals surface area contributed by atoms with Gasteiger partial charge in [-0.05, 0) is 17.1 Å². The minimum Gasteiger partial charge on any atom is -0.329 e. The Hall–Kier alpha value is -0.650. The molecule has 0 atom stereocenters. The molecule has 1 N–H and O–H groups in total. The van der Waals surface area contributed by atoms with Gasteiger partial charge in [0, 0.05) is 6.20 Å². The van der Waals surface area contributed by atoms with Gasteiger partial charge in [0.1, 0.15) is 0 Å². The Morgan fingerprint density at radius 3 is 2.55 bits per heavy atom. The monoisotopic (exact) mass is 265 g/mol. The molecule has 0 aliphatic heterocycles. The summed E-state index contributed by atoms with van der Waals surface area (Å²) in [5.41, 5.74) is -0.176. The van der Waals surface area contributed by atoms with Gasteiger partial charge >= 0.3 is 0 Å². The Morgan fingerprint density at radius 1 is 1.55 bits per heavy atom. The smallest absolute Gasteiger partial charge is 0.258 e. The first-order valence-electron chi connectivity index (χ1n) is 2.85. The quantitative estimate of drug-likeness (QED) is 0.472. The fourth-order valence-electron chi connectivity index (χ4n) is 0.527. The highest BCUT2D eigenvalue weighted by Crippen LogP contribution is 1.80. The average molecular weight is 265 g/mol. The van der Waals surface area contributed by atoms with Gasteiger partial charge in [0.05, 0.1) is 5.56 Å². The summed E-state index contributed by atoms with van der Waals surface area (Å²) in [6, 6.07) is 3.07. The van der Waals surface area contributed by atoms with E-state index in [0.717, 1.165) is 0 Å². The second kappa shape index (κ2) is 6.09. The van der Waals surface area contributed by atoms with Gasteiger partial charge in [-0.3, -0.25) is 9.59 Å². The summed E-state index contributed by atoms with van der Waals surface area (Å²) in [7, 11) is 0. The SMILES string of the molecule is CI.O=Cc1ccc[nH]c1=O. The van der Waals surface area contributed by atoms with Gasteiger partial charge in [-0.25, -0.2) is 0 Å². The minimum atomic E-state index is -0.340. The third-order valence-electron chi connectivity index (χ3n) is 0.976. The molecule has 1 aromatic rings. The number of pyridine rings is 1. The fraction of sp³-hybridized carbons (Fsp3) is 0.143. The number of rotatable bonds is 1. The third kappa shape index (κ3) is 3.31. The molecule has 0 saturated carbocycles. The Kier molecular flexibility index (Phi) is 5.73. The van der Waals surface area contributed by atoms with Crippen molar-refractivity contribution in [3.63, 3.8) is 0 Å². The Bertz CT molecular complexity index is 269. The Labute approximate surface area is 78.0 Å². The van der Waals surface area contributed by atoms with Crippen molar-refractivity contribution in [2.45, 2.75) is 0 Å². The van der Waals surface area contributed by atoms with E-state index in [0.29, 0.717) is 6.29 Å². The van der Waals surface area contributed by atoms with E-state index in [9.17, 15) is 9.59 Å². The number of hydrogen-bond donors (Lipinski definition) is 1. The van der Waals surface area contributed by atoms with Crippen LogP contribution in [0, 0.1) is 0 Å². The first kappa shape index (κ1) is 10.3. The van der Waals surface area contributed by atoms with E-state index in [1.54, 1.807) is 6.07 Å². The van der Waals surface area contributed by atoms with Crippen molar-refractivity contribution >= 4 is 28.9 Å². The summed E-state index contributed by atoms with van der Waals surface area (Å²) in [6.07, 6.45) is 2.01. The van der Waals surface area contributed by atoms with Crippen molar-refractivity contribution in [2.75, 3.05) is 4.93 Å². The van der Waals surface area contributed by atoms with Crippen LogP contribution in [-0.2, 0) is 0 Å². The van der Waals surface area contributed by atoms with Gasteiger partial charge in [-0.1, -0.05) is 22.6 Å². The largest absolute Gasteiger partial charge is 0.329 e. The minimum absolute atomic E-state index is 0.164. The van der Waals surface area contributed by atoms with E-state index in [1.165, 1.54) is 12.3 Å². The van der Waals surface area contributed by atoms with Gasteiger partial charge in [-0.2, -0.15) is 0 Å². The molecule has 3 nitrogen and oxygen atoms in total. The molecule has 0 saturated heterocycles. The normalized spacial score (nSPS) is 7.82. The van der Waals surface area contributed by atoms with Gasteiger partial charge < -0.3 is 4.98 Å². The molecule has 1 heterocycles. The van der Waals surface area contributed by atoms with Gasteiger partial charge in [0.2, 0.25) is 0 Å². The molecule has 0 aromatic carbocycles. The molecule has 0 aliphatic rings. The number of alkyl halides is 1. The van der Waals surface area contributed by atoms with Gasteiger partial charge in [0.25, 0.3) is 5.56 Å². The molecular formula is C7H8INO2. The predicted octanol–water partition coefficient (Wildman–Crippen LogP) is 1.24. The maximum Gasteiger partial charge on any atom is 0.258 e. The second-order valence-electron chi connectivity index (χ2n) is 1.57.